The van der Waals surface area contributed by atoms with Gasteiger partial charge in [0.05, 0.1) is 0 Å². The SMILES string of the molecule is O=C(COc1ccc(F)cc1)OCC(=O)N1CC=C(c2ccccc2)CC1. The van der Waals surface area contributed by atoms with Crippen LogP contribution in [0.2, 0.25) is 0 Å². The summed E-state index contributed by atoms with van der Waals surface area (Å²) in [4.78, 5) is 25.6. The fourth-order valence-corrected chi connectivity index (χ4v) is 2.76. The number of hydrogen-bond donors (Lipinski definition) is 0. The number of nitrogens with zero attached hydrogens (tertiary/aromatic N) is 1. The van der Waals surface area contributed by atoms with Crippen molar-refractivity contribution >= 4 is 17.4 Å². The summed E-state index contributed by atoms with van der Waals surface area (Å²) in [6, 6.07) is 15.3. The van der Waals surface area contributed by atoms with E-state index in [1.807, 2.05) is 36.4 Å². The van der Waals surface area contributed by atoms with Crippen LogP contribution >= 0.6 is 0 Å². The van der Waals surface area contributed by atoms with Crippen molar-refractivity contribution < 1.29 is 23.5 Å². The topological polar surface area (TPSA) is 55.8 Å². The van der Waals surface area contributed by atoms with Crippen LogP contribution in [-0.4, -0.2) is 43.1 Å². The van der Waals surface area contributed by atoms with Crippen molar-refractivity contribution in [3.05, 3.63) is 72.1 Å². The van der Waals surface area contributed by atoms with Crippen molar-refractivity contribution in [2.75, 3.05) is 26.3 Å². The molecule has 5 nitrogen and oxygen atoms in total. The standard InChI is InChI=1S/C21H20FNO4/c22-18-6-8-19(9-7-18)26-15-21(25)27-14-20(24)23-12-10-17(11-13-23)16-4-2-1-3-5-16/h1-10H,11-15H2. The van der Waals surface area contributed by atoms with Crippen LogP contribution in [0.5, 0.6) is 5.75 Å². The summed E-state index contributed by atoms with van der Waals surface area (Å²) < 4.78 is 23.0. The zero-order valence-corrected chi connectivity index (χ0v) is 14.8. The molecule has 0 bridgehead atoms. The quantitative estimate of drug-likeness (QED) is 0.735. The van der Waals surface area contributed by atoms with Gasteiger partial charge in [0, 0.05) is 13.1 Å². The summed E-state index contributed by atoms with van der Waals surface area (Å²) in [5.74, 6) is -0.922. The third-order valence-electron chi connectivity index (χ3n) is 4.23. The molecule has 1 aliphatic heterocycles. The average molecular weight is 369 g/mol. The van der Waals surface area contributed by atoms with Gasteiger partial charge in [-0.15, -0.1) is 0 Å². The number of carbonyl (C=O) groups is 2. The lowest BCUT2D eigenvalue weighted by Crippen LogP contribution is -2.38. The zero-order chi connectivity index (χ0) is 19.1. The molecule has 6 heteroatoms. The molecule has 1 heterocycles. The van der Waals surface area contributed by atoms with Gasteiger partial charge in [-0.1, -0.05) is 36.4 Å². The van der Waals surface area contributed by atoms with Crippen molar-refractivity contribution in [1.82, 2.24) is 4.90 Å². The molecule has 0 aromatic heterocycles. The van der Waals surface area contributed by atoms with Gasteiger partial charge in [0.25, 0.3) is 5.91 Å². The minimum Gasteiger partial charge on any atom is -0.482 e. The molecule has 2 aromatic carbocycles. The number of carbonyl (C=O) groups excluding carboxylic acids is 2. The van der Waals surface area contributed by atoms with Crippen LogP contribution in [0.4, 0.5) is 4.39 Å². The number of benzene rings is 2. The Balaban J connectivity index is 1.41. The third-order valence-corrected chi connectivity index (χ3v) is 4.23. The molecule has 2 aromatic rings. The first-order valence-corrected chi connectivity index (χ1v) is 8.68. The lowest BCUT2D eigenvalue weighted by molar-refractivity contribution is -0.153. The predicted molar refractivity (Wildman–Crippen MR) is 98.5 cm³/mol. The fraction of sp³-hybridized carbons (Fsp3) is 0.238. The molecule has 0 saturated heterocycles. The number of esters is 1. The molecule has 27 heavy (non-hydrogen) atoms. The summed E-state index contributed by atoms with van der Waals surface area (Å²) in [6.45, 7) is 0.424. The van der Waals surface area contributed by atoms with Gasteiger partial charge < -0.3 is 14.4 Å². The Hall–Kier alpha value is -3.15. The molecule has 0 aliphatic carbocycles. The molecule has 0 unspecified atom stereocenters. The lowest BCUT2D eigenvalue weighted by atomic mass is 10.00. The van der Waals surface area contributed by atoms with Crippen molar-refractivity contribution in [1.29, 1.82) is 0 Å². The largest absolute Gasteiger partial charge is 0.482 e. The summed E-state index contributed by atoms with van der Waals surface area (Å²) in [5, 5.41) is 0. The maximum absolute atomic E-state index is 12.8. The first-order chi connectivity index (χ1) is 13.1. The second-order valence-electron chi connectivity index (χ2n) is 6.09. The number of halogens is 1. The van der Waals surface area contributed by atoms with E-state index >= 15 is 0 Å². The molecule has 0 N–H and O–H groups in total. The van der Waals surface area contributed by atoms with Gasteiger partial charge in [-0.05, 0) is 41.8 Å². The molecule has 0 atom stereocenters. The highest BCUT2D eigenvalue weighted by molar-refractivity contribution is 5.82. The van der Waals surface area contributed by atoms with Crippen LogP contribution in [0.3, 0.4) is 0 Å². The molecule has 3 rings (SSSR count). The Bertz CT molecular complexity index is 818. The van der Waals surface area contributed by atoms with Crippen LogP contribution in [-0.2, 0) is 14.3 Å². The molecular formula is C21H20FNO4. The van der Waals surface area contributed by atoms with Crippen molar-refractivity contribution in [3.63, 3.8) is 0 Å². The Kier molecular flexibility index (Phi) is 6.20. The highest BCUT2D eigenvalue weighted by Gasteiger charge is 2.19. The maximum Gasteiger partial charge on any atom is 0.344 e. The fourth-order valence-electron chi connectivity index (χ4n) is 2.76. The van der Waals surface area contributed by atoms with E-state index in [2.05, 4.69) is 0 Å². The van der Waals surface area contributed by atoms with Crippen molar-refractivity contribution in [2.24, 2.45) is 0 Å². The van der Waals surface area contributed by atoms with Crippen LogP contribution in [0, 0.1) is 5.82 Å². The van der Waals surface area contributed by atoms with Crippen LogP contribution in [0.25, 0.3) is 5.57 Å². The predicted octanol–water partition coefficient (Wildman–Crippen LogP) is 3.06. The van der Waals surface area contributed by atoms with Crippen molar-refractivity contribution in [2.45, 2.75) is 6.42 Å². The van der Waals surface area contributed by atoms with Crippen LogP contribution in [0.1, 0.15) is 12.0 Å². The van der Waals surface area contributed by atoms with E-state index in [-0.39, 0.29) is 24.9 Å². The van der Waals surface area contributed by atoms with E-state index in [0.717, 1.165) is 12.0 Å². The Labute approximate surface area is 157 Å². The molecule has 0 fully saturated rings. The van der Waals surface area contributed by atoms with E-state index in [4.69, 9.17) is 9.47 Å². The van der Waals surface area contributed by atoms with Gasteiger partial charge >= 0.3 is 5.97 Å². The summed E-state index contributed by atoms with van der Waals surface area (Å²) in [5.41, 5.74) is 2.37. The minimum atomic E-state index is -0.648. The van der Waals surface area contributed by atoms with Gasteiger partial charge in [-0.25, -0.2) is 9.18 Å². The zero-order valence-electron chi connectivity index (χ0n) is 14.8. The smallest absolute Gasteiger partial charge is 0.344 e. The Morgan fingerprint density at radius 2 is 1.74 bits per heavy atom. The molecule has 0 saturated carbocycles. The van der Waals surface area contributed by atoms with E-state index < -0.39 is 5.97 Å². The van der Waals surface area contributed by atoms with Gasteiger partial charge in [0.2, 0.25) is 0 Å². The second kappa shape index (κ2) is 8.98. The summed E-state index contributed by atoms with van der Waals surface area (Å²) in [7, 11) is 0. The molecule has 0 spiro atoms. The van der Waals surface area contributed by atoms with Crippen LogP contribution in [0.15, 0.2) is 60.7 Å². The van der Waals surface area contributed by atoms with Gasteiger partial charge in [0.15, 0.2) is 13.2 Å². The number of ether oxygens (including phenoxy) is 2. The van der Waals surface area contributed by atoms with Crippen LogP contribution < -0.4 is 4.74 Å². The van der Waals surface area contributed by atoms with Gasteiger partial charge in [-0.3, -0.25) is 4.79 Å². The summed E-state index contributed by atoms with van der Waals surface area (Å²) >= 11 is 0. The molecular weight excluding hydrogens is 349 g/mol. The average Bonchev–Trinajstić information content (AvgIpc) is 2.72. The number of rotatable bonds is 6. The third kappa shape index (κ3) is 5.41. The lowest BCUT2D eigenvalue weighted by Gasteiger charge is -2.26. The molecule has 1 amide bonds. The number of amides is 1. The minimum absolute atomic E-state index is 0.242. The second-order valence-corrected chi connectivity index (χ2v) is 6.09. The normalized spacial score (nSPS) is 13.7. The maximum atomic E-state index is 12.8. The molecule has 140 valence electrons. The molecule has 1 aliphatic rings. The van der Waals surface area contributed by atoms with E-state index in [9.17, 15) is 14.0 Å². The first kappa shape index (κ1) is 18.6. The monoisotopic (exact) mass is 369 g/mol. The van der Waals surface area contributed by atoms with Crippen molar-refractivity contribution in [3.8, 4) is 5.75 Å². The molecule has 0 radical (unpaired) electrons. The van der Waals surface area contributed by atoms with Gasteiger partial charge in [0.1, 0.15) is 11.6 Å². The van der Waals surface area contributed by atoms with E-state index in [1.165, 1.54) is 29.8 Å². The summed E-state index contributed by atoms with van der Waals surface area (Å²) in [6.07, 6.45) is 2.79. The highest BCUT2D eigenvalue weighted by atomic mass is 19.1. The highest BCUT2D eigenvalue weighted by Crippen LogP contribution is 2.22. The number of hydrogen-bond acceptors (Lipinski definition) is 4. The Morgan fingerprint density at radius 1 is 1.00 bits per heavy atom. The Morgan fingerprint density at radius 3 is 2.41 bits per heavy atom. The van der Waals surface area contributed by atoms with E-state index in [1.54, 1.807) is 4.90 Å². The van der Waals surface area contributed by atoms with E-state index in [0.29, 0.717) is 18.8 Å². The first-order valence-electron chi connectivity index (χ1n) is 8.68. The van der Waals surface area contributed by atoms with Gasteiger partial charge in [-0.2, -0.15) is 0 Å².